The monoisotopic (exact) mass is 678 g/mol. The normalized spacial score (nSPS) is 25.1. The standard InChI is InChI=1S/C27H35ClF2N5O9P/c1-15(2)42-24(38)16(3)33-45(40,44-18-9-7-17(28)8-10-18)41-14-20-22(36)27(29,30)25(43-20)35-13-11-21(32-26(35)39)31-23(37)19-6-5-12-34(19)4/h7-11,13,15-16,19-20,22,25,33,36,40H,5-6,12,14H2,1-4H3/p+1/t16-,19-,20+,22+,25?,45?/m0/s1. The molecule has 2 aromatic rings. The van der Waals surface area contributed by atoms with Crippen LogP contribution < -0.4 is 20.6 Å². The molecule has 4 rings (SSSR count). The number of esters is 1. The van der Waals surface area contributed by atoms with Crippen molar-refractivity contribution in [1.29, 1.82) is 0 Å². The number of likely N-dealkylation sites (tertiary alicyclic amines) is 1. The van der Waals surface area contributed by atoms with Gasteiger partial charge in [0, 0.05) is 11.2 Å². The number of hydrogen-bond donors (Lipinski definition) is 4. The molecule has 2 unspecified atom stereocenters. The first-order chi connectivity index (χ1) is 21.1. The summed E-state index contributed by atoms with van der Waals surface area (Å²) in [6.45, 7) is 4.51. The second-order valence-corrected chi connectivity index (χ2v) is 13.2. The number of aliphatic hydroxyl groups excluding tert-OH is 1. The molecule has 6 atom stereocenters. The Labute approximate surface area is 263 Å². The number of ether oxygens (including phenoxy) is 2. The van der Waals surface area contributed by atoms with Gasteiger partial charge in [-0.05, 0) is 77.5 Å². The number of nitrogens with one attached hydrogen (secondary N) is 2. The number of likely N-dealkylation sites (N-methyl/N-ethyl adjacent to an activating group) is 1. The Morgan fingerprint density at radius 2 is 1.93 bits per heavy atom. The zero-order valence-electron chi connectivity index (χ0n) is 24.9. The lowest BCUT2D eigenvalue weighted by molar-refractivity contribution is -0.149. The summed E-state index contributed by atoms with van der Waals surface area (Å²) in [5.41, 5.74) is -1.17. The molecule has 45 heavy (non-hydrogen) atoms. The van der Waals surface area contributed by atoms with E-state index in [0.29, 0.717) is 16.0 Å². The molecule has 0 aliphatic carbocycles. The highest BCUT2D eigenvalue weighted by atomic mass is 35.5. The lowest BCUT2D eigenvalue weighted by atomic mass is 10.1. The van der Waals surface area contributed by atoms with Gasteiger partial charge in [0.1, 0.15) is 24.6 Å². The fourth-order valence-electron chi connectivity index (χ4n) is 4.75. The third-order valence-corrected chi connectivity index (χ3v) is 8.98. The fourth-order valence-corrected chi connectivity index (χ4v) is 6.41. The third-order valence-electron chi connectivity index (χ3n) is 7.06. The maximum absolute atomic E-state index is 15.3. The molecule has 4 N–H and O–H groups in total. The minimum absolute atomic E-state index is 0.0626. The van der Waals surface area contributed by atoms with Gasteiger partial charge in [0.25, 0.3) is 0 Å². The van der Waals surface area contributed by atoms with Gasteiger partial charge in [-0.2, -0.15) is 23.2 Å². The summed E-state index contributed by atoms with van der Waals surface area (Å²) in [6.07, 6.45) is -4.60. The molecule has 1 amide bonds. The summed E-state index contributed by atoms with van der Waals surface area (Å²) in [7, 11) is -2.48. The van der Waals surface area contributed by atoms with Gasteiger partial charge < -0.3 is 19.9 Å². The van der Waals surface area contributed by atoms with Gasteiger partial charge >= 0.3 is 25.7 Å². The Morgan fingerprint density at radius 1 is 1.24 bits per heavy atom. The van der Waals surface area contributed by atoms with Crippen LogP contribution in [0, 0.1) is 0 Å². The number of benzene rings is 1. The molecule has 2 saturated heterocycles. The minimum atomic E-state index is -4.27. The van der Waals surface area contributed by atoms with E-state index in [1.54, 1.807) is 20.9 Å². The largest absolute Gasteiger partial charge is 0.544 e. The lowest BCUT2D eigenvalue weighted by Gasteiger charge is -2.22. The molecule has 2 aliphatic rings. The van der Waals surface area contributed by atoms with Crippen LogP contribution in [-0.2, 0) is 23.6 Å². The molecule has 3 heterocycles. The number of carbonyl (C=O) groups excluding carboxylic acids is 2. The Morgan fingerprint density at radius 3 is 2.53 bits per heavy atom. The summed E-state index contributed by atoms with van der Waals surface area (Å²) < 4.78 is 52.5. The van der Waals surface area contributed by atoms with E-state index in [4.69, 9.17) is 30.1 Å². The Bertz CT molecular complexity index is 1420. The first-order valence-electron chi connectivity index (χ1n) is 14.1. The van der Waals surface area contributed by atoms with Crippen molar-refractivity contribution >= 4 is 37.4 Å². The number of anilines is 1. The summed E-state index contributed by atoms with van der Waals surface area (Å²) in [4.78, 5) is 54.5. The van der Waals surface area contributed by atoms with E-state index < -0.39 is 68.9 Å². The topological polar surface area (TPSA) is 174 Å². The third kappa shape index (κ3) is 8.51. The molecule has 1 aromatic heterocycles. The number of rotatable bonds is 12. The van der Waals surface area contributed by atoms with Crippen molar-refractivity contribution in [3.05, 3.63) is 52.0 Å². The molecule has 2 fully saturated rings. The molecular formula is C27H36ClF2N5O9P+. The number of halogens is 3. The van der Waals surface area contributed by atoms with Crippen LogP contribution in [0.4, 0.5) is 14.6 Å². The van der Waals surface area contributed by atoms with Crippen LogP contribution in [0.1, 0.15) is 39.8 Å². The molecule has 2 aliphatic heterocycles. The van der Waals surface area contributed by atoms with Crippen molar-refractivity contribution in [2.45, 2.75) is 76.2 Å². The van der Waals surface area contributed by atoms with Gasteiger partial charge in [-0.3, -0.25) is 23.6 Å². The zero-order valence-corrected chi connectivity index (χ0v) is 26.6. The molecule has 1 aromatic carbocycles. The average molecular weight is 679 g/mol. The van der Waals surface area contributed by atoms with Gasteiger partial charge in [-0.1, -0.05) is 16.7 Å². The number of aromatic nitrogens is 2. The van der Waals surface area contributed by atoms with Gasteiger partial charge in [-0.25, -0.2) is 4.79 Å². The van der Waals surface area contributed by atoms with Gasteiger partial charge in [0.2, 0.25) is 12.1 Å². The van der Waals surface area contributed by atoms with Crippen LogP contribution in [0.3, 0.4) is 0 Å². The number of nitrogens with zero attached hydrogens (tertiary/aromatic N) is 3. The fraction of sp³-hybridized carbons (Fsp3) is 0.556. The van der Waals surface area contributed by atoms with Gasteiger partial charge in [0.15, 0.2) is 11.9 Å². The summed E-state index contributed by atoms with van der Waals surface area (Å²) in [5, 5.41) is 15.9. The summed E-state index contributed by atoms with van der Waals surface area (Å²) in [5.74, 6) is -5.21. The highest BCUT2D eigenvalue weighted by Crippen LogP contribution is 2.54. The number of hydrogen-bond acceptors (Lipinski definition) is 12. The van der Waals surface area contributed by atoms with Gasteiger partial charge in [0.05, 0.1) is 12.1 Å². The van der Waals surface area contributed by atoms with E-state index in [-0.39, 0.29) is 17.5 Å². The molecule has 0 radical (unpaired) electrons. The van der Waals surface area contributed by atoms with Crippen molar-refractivity contribution in [3.8, 4) is 5.75 Å². The number of aliphatic hydroxyl groups is 1. The SMILES string of the molecule is CC(C)OC(=O)[C@H](C)N[P+](O)(OC[C@H]1OC(n2ccc(NC(=O)[C@@H]3CCCN3C)nc2=O)C(F)(F)[C@@H]1O)Oc1ccc(Cl)cc1. The highest BCUT2D eigenvalue weighted by molar-refractivity contribution is 7.58. The molecule has 14 nitrogen and oxygen atoms in total. The van der Waals surface area contributed by atoms with Crippen LogP contribution in [-0.4, -0.2) is 92.8 Å². The molecule has 248 valence electrons. The second kappa shape index (κ2) is 14.3. The van der Waals surface area contributed by atoms with Crippen LogP contribution >= 0.6 is 19.7 Å². The van der Waals surface area contributed by atoms with Crippen molar-refractivity contribution < 1.29 is 46.9 Å². The Kier molecular flexibility index (Phi) is 11.1. The summed E-state index contributed by atoms with van der Waals surface area (Å²) >= 11 is 5.90. The summed E-state index contributed by atoms with van der Waals surface area (Å²) in [6, 6.07) is 5.31. The Balaban J connectivity index is 1.48. The molecule has 0 bridgehead atoms. The molecule has 0 saturated carbocycles. The lowest BCUT2D eigenvalue weighted by Crippen LogP contribution is -2.43. The predicted molar refractivity (Wildman–Crippen MR) is 159 cm³/mol. The van der Waals surface area contributed by atoms with Crippen molar-refractivity contribution in [2.75, 3.05) is 25.5 Å². The van der Waals surface area contributed by atoms with Crippen LogP contribution in [0.5, 0.6) is 5.75 Å². The number of carbonyl (C=O) groups is 2. The average Bonchev–Trinajstić information content (AvgIpc) is 3.48. The van der Waals surface area contributed by atoms with E-state index >= 15 is 8.78 Å². The van der Waals surface area contributed by atoms with E-state index in [9.17, 15) is 24.4 Å². The van der Waals surface area contributed by atoms with E-state index in [1.807, 2.05) is 4.90 Å². The second-order valence-electron chi connectivity index (χ2n) is 11.0. The van der Waals surface area contributed by atoms with E-state index in [0.717, 1.165) is 25.2 Å². The molecule has 0 spiro atoms. The minimum Gasteiger partial charge on any atom is -0.462 e. The predicted octanol–water partition coefficient (Wildman–Crippen LogP) is 2.52. The van der Waals surface area contributed by atoms with E-state index in [1.165, 1.54) is 31.2 Å². The first-order valence-corrected chi connectivity index (χ1v) is 16.1. The highest BCUT2D eigenvalue weighted by Gasteiger charge is 2.61. The van der Waals surface area contributed by atoms with Crippen molar-refractivity contribution in [2.24, 2.45) is 0 Å². The molecule has 18 heteroatoms. The van der Waals surface area contributed by atoms with Crippen LogP contribution in [0.15, 0.2) is 41.3 Å². The smallest absolute Gasteiger partial charge is 0.462 e. The maximum atomic E-state index is 15.3. The van der Waals surface area contributed by atoms with Crippen molar-refractivity contribution in [1.82, 2.24) is 19.5 Å². The van der Waals surface area contributed by atoms with Crippen LogP contribution in [0.2, 0.25) is 5.02 Å². The van der Waals surface area contributed by atoms with Crippen LogP contribution in [0.25, 0.3) is 0 Å². The number of alkyl halides is 2. The molecular weight excluding hydrogens is 643 g/mol. The number of amides is 1. The van der Waals surface area contributed by atoms with E-state index in [2.05, 4.69) is 15.4 Å². The van der Waals surface area contributed by atoms with Gasteiger partial charge in [-0.15, -0.1) is 0 Å². The quantitative estimate of drug-likeness (QED) is 0.191. The first kappa shape index (κ1) is 35.0. The Hall–Kier alpha value is -2.82. The maximum Gasteiger partial charge on any atom is 0.544 e. The van der Waals surface area contributed by atoms with Crippen molar-refractivity contribution in [3.63, 3.8) is 0 Å². The zero-order chi connectivity index (χ0) is 33.1.